The lowest BCUT2D eigenvalue weighted by atomic mass is 9.94. The van der Waals surface area contributed by atoms with Crippen molar-refractivity contribution < 1.29 is 0 Å². The predicted molar refractivity (Wildman–Crippen MR) is 79.7 cm³/mol. The van der Waals surface area contributed by atoms with E-state index < -0.39 is 0 Å². The predicted octanol–water partition coefficient (Wildman–Crippen LogP) is 4.47. The zero-order chi connectivity index (χ0) is 12.3. The van der Waals surface area contributed by atoms with Crippen molar-refractivity contribution in [3.63, 3.8) is 0 Å². The third kappa shape index (κ3) is 3.80. The topological polar surface area (TPSA) is 12.0 Å². The molecular weight excluding hydrogens is 294 g/mol. The molecule has 0 radical (unpaired) electrons. The summed E-state index contributed by atoms with van der Waals surface area (Å²) in [4.78, 5) is 1.50. The van der Waals surface area contributed by atoms with Gasteiger partial charge in [-0.2, -0.15) is 0 Å². The van der Waals surface area contributed by atoms with Crippen LogP contribution in [0.25, 0.3) is 0 Å². The normalized spacial score (nSPS) is 26.3. The van der Waals surface area contributed by atoms with Crippen LogP contribution in [0.15, 0.2) is 15.9 Å². The summed E-state index contributed by atoms with van der Waals surface area (Å²) in [5.74, 6) is 1.81. The molecule has 1 heterocycles. The Kier molecular flexibility index (Phi) is 5.07. The molecule has 1 aliphatic carbocycles. The molecule has 3 unspecified atom stereocenters. The number of rotatable bonds is 5. The molecule has 96 valence electrons. The van der Waals surface area contributed by atoms with E-state index in [0.29, 0.717) is 6.04 Å². The molecular formula is C14H22BrNS. The smallest absolute Gasteiger partial charge is 0.0701 e. The fraction of sp³-hybridized carbons (Fsp3) is 0.714. The lowest BCUT2D eigenvalue weighted by Gasteiger charge is -2.24. The quantitative estimate of drug-likeness (QED) is 0.845. The van der Waals surface area contributed by atoms with Crippen molar-refractivity contribution in [2.75, 3.05) is 6.54 Å². The maximum absolute atomic E-state index is 3.69. The van der Waals surface area contributed by atoms with Gasteiger partial charge >= 0.3 is 0 Å². The minimum atomic E-state index is 0.676. The van der Waals surface area contributed by atoms with Crippen LogP contribution in [0.4, 0.5) is 0 Å². The van der Waals surface area contributed by atoms with E-state index in [-0.39, 0.29) is 0 Å². The Labute approximate surface area is 117 Å². The zero-order valence-corrected chi connectivity index (χ0v) is 13.1. The van der Waals surface area contributed by atoms with Gasteiger partial charge in [0, 0.05) is 10.9 Å². The summed E-state index contributed by atoms with van der Waals surface area (Å²) in [6, 6.07) is 5.10. The van der Waals surface area contributed by atoms with E-state index >= 15 is 0 Å². The molecule has 1 fully saturated rings. The van der Waals surface area contributed by atoms with Crippen LogP contribution in [-0.4, -0.2) is 12.6 Å². The maximum atomic E-state index is 3.69. The second-order valence-electron chi connectivity index (χ2n) is 5.25. The van der Waals surface area contributed by atoms with Crippen LogP contribution in [0.2, 0.25) is 0 Å². The van der Waals surface area contributed by atoms with E-state index in [1.807, 2.05) is 11.3 Å². The van der Waals surface area contributed by atoms with Gasteiger partial charge in [0.1, 0.15) is 0 Å². The third-order valence-corrected chi connectivity index (χ3v) is 5.47. The summed E-state index contributed by atoms with van der Waals surface area (Å²) in [5.41, 5.74) is 0. The largest absolute Gasteiger partial charge is 0.314 e. The monoisotopic (exact) mass is 315 g/mol. The summed E-state index contributed by atoms with van der Waals surface area (Å²) in [5, 5.41) is 3.69. The minimum Gasteiger partial charge on any atom is -0.314 e. The Morgan fingerprint density at radius 3 is 2.82 bits per heavy atom. The van der Waals surface area contributed by atoms with Crippen LogP contribution >= 0.6 is 27.3 Å². The molecule has 1 N–H and O–H groups in total. The Bertz CT molecular complexity index is 350. The summed E-state index contributed by atoms with van der Waals surface area (Å²) in [6.45, 7) is 5.70. The molecule has 0 spiro atoms. The molecule has 0 saturated heterocycles. The van der Waals surface area contributed by atoms with Gasteiger partial charge in [0.05, 0.1) is 3.79 Å². The molecule has 0 aliphatic heterocycles. The van der Waals surface area contributed by atoms with Gasteiger partial charge in [0.25, 0.3) is 0 Å². The molecule has 2 rings (SSSR count). The molecule has 0 aromatic carbocycles. The molecule has 0 amide bonds. The Morgan fingerprint density at radius 2 is 2.29 bits per heavy atom. The molecule has 1 saturated carbocycles. The van der Waals surface area contributed by atoms with Gasteiger partial charge in [-0.3, -0.25) is 0 Å². The van der Waals surface area contributed by atoms with Gasteiger partial charge in [-0.05, 0) is 65.7 Å². The average molecular weight is 316 g/mol. The van der Waals surface area contributed by atoms with Crippen LogP contribution in [0.3, 0.4) is 0 Å². The summed E-state index contributed by atoms with van der Waals surface area (Å²) in [6.07, 6.45) is 5.43. The molecule has 1 aliphatic rings. The Hall–Kier alpha value is 0.140. The fourth-order valence-electron chi connectivity index (χ4n) is 2.96. The maximum Gasteiger partial charge on any atom is 0.0701 e. The van der Waals surface area contributed by atoms with E-state index in [2.05, 4.69) is 47.2 Å². The Morgan fingerprint density at radius 1 is 1.47 bits per heavy atom. The highest BCUT2D eigenvalue weighted by molar-refractivity contribution is 9.11. The lowest BCUT2D eigenvalue weighted by Crippen LogP contribution is -2.36. The number of halogens is 1. The molecule has 3 heteroatoms. The van der Waals surface area contributed by atoms with E-state index in [1.54, 1.807) is 0 Å². The van der Waals surface area contributed by atoms with E-state index in [9.17, 15) is 0 Å². The first-order valence-corrected chi connectivity index (χ1v) is 8.27. The van der Waals surface area contributed by atoms with Crippen molar-refractivity contribution in [3.05, 3.63) is 20.8 Å². The van der Waals surface area contributed by atoms with Crippen molar-refractivity contribution >= 4 is 27.3 Å². The van der Waals surface area contributed by atoms with Crippen molar-refractivity contribution in [2.45, 2.75) is 45.6 Å². The van der Waals surface area contributed by atoms with Crippen molar-refractivity contribution in [2.24, 2.45) is 11.8 Å². The standard InChI is InChI=1S/C14H22BrNS/c1-3-16-13(11-5-4-10(2)8-11)9-12-6-7-14(15)17-12/h6-7,10-11,13,16H,3-5,8-9H2,1-2H3. The third-order valence-electron chi connectivity index (χ3n) is 3.82. The SMILES string of the molecule is CCNC(Cc1ccc(Br)s1)C1CCC(C)C1. The molecule has 1 aromatic heterocycles. The summed E-state index contributed by atoms with van der Waals surface area (Å²) >= 11 is 5.43. The minimum absolute atomic E-state index is 0.676. The molecule has 17 heavy (non-hydrogen) atoms. The lowest BCUT2D eigenvalue weighted by molar-refractivity contribution is 0.355. The van der Waals surface area contributed by atoms with E-state index in [1.165, 1.54) is 34.3 Å². The Balaban J connectivity index is 1.97. The van der Waals surface area contributed by atoms with Gasteiger partial charge in [-0.25, -0.2) is 0 Å². The average Bonchev–Trinajstić information content (AvgIpc) is 2.87. The van der Waals surface area contributed by atoms with Gasteiger partial charge in [0.15, 0.2) is 0 Å². The van der Waals surface area contributed by atoms with Crippen molar-refractivity contribution in [3.8, 4) is 0 Å². The van der Waals surface area contributed by atoms with Gasteiger partial charge in [-0.1, -0.05) is 20.3 Å². The van der Waals surface area contributed by atoms with Crippen LogP contribution in [0.1, 0.15) is 38.0 Å². The van der Waals surface area contributed by atoms with Crippen LogP contribution in [0.5, 0.6) is 0 Å². The molecule has 3 atom stereocenters. The van der Waals surface area contributed by atoms with E-state index in [4.69, 9.17) is 0 Å². The number of hydrogen-bond donors (Lipinski definition) is 1. The highest BCUT2D eigenvalue weighted by Gasteiger charge is 2.28. The van der Waals surface area contributed by atoms with Gasteiger partial charge in [0.2, 0.25) is 0 Å². The number of likely N-dealkylation sites (N-methyl/N-ethyl adjacent to an activating group) is 1. The van der Waals surface area contributed by atoms with Crippen molar-refractivity contribution in [1.82, 2.24) is 5.32 Å². The zero-order valence-electron chi connectivity index (χ0n) is 10.7. The molecule has 0 bridgehead atoms. The van der Waals surface area contributed by atoms with Gasteiger partial charge in [-0.15, -0.1) is 11.3 Å². The second-order valence-corrected chi connectivity index (χ2v) is 7.80. The first-order valence-electron chi connectivity index (χ1n) is 6.66. The van der Waals surface area contributed by atoms with Crippen molar-refractivity contribution in [1.29, 1.82) is 0 Å². The molecule has 1 aromatic rings. The fourth-order valence-corrected chi connectivity index (χ4v) is 4.50. The number of hydrogen-bond acceptors (Lipinski definition) is 2. The van der Waals surface area contributed by atoms with Crippen LogP contribution in [0, 0.1) is 11.8 Å². The first-order chi connectivity index (χ1) is 8.19. The second kappa shape index (κ2) is 6.35. The highest BCUT2D eigenvalue weighted by atomic mass is 79.9. The van der Waals surface area contributed by atoms with Gasteiger partial charge < -0.3 is 5.32 Å². The first kappa shape index (κ1) is 13.6. The van der Waals surface area contributed by atoms with Crippen LogP contribution < -0.4 is 5.32 Å². The van der Waals surface area contributed by atoms with E-state index in [0.717, 1.165) is 18.4 Å². The highest BCUT2D eigenvalue weighted by Crippen LogP contribution is 2.34. The van der Waals surface area contributed by atoms with Crippen LogP contribution in [-0.2, 0) is 6.42 Å². The molecule has 1 nitrogen and oxygen atoms in total. The number of thiophene rings is 1. The number of nitrogens with one attached hydrogen (secondary N) is 1. The summed E-state index contributed by atoms with van der Waals surface area (Å²) in [7, 11) is 0. The summed E-state index contributed by atoms with van der Waals surface area (Å²) < 4.78 is 1.25.